The number of nitrogens with zero attached hydrogens (tertiary/aromatic N) is 2. The van der Waals surface area contributed by atoms with Crippen molar-refractivity contribution in [2.45, 2.75) is 25.8 Å². The van der Waals surface area contributed by atoms with E-state index in [0.29, 0.717) is 24.5 Å². The minimum atomic E-state index is -2.98. The van der Waals surface area contributed by atoms with Gasteiger partial charge in [-0.25, -0.2) is 8.42 Å². The predicted molar refractivity (Wildman–Crippen MR) is 129 cm³/mol. The molecule has 9 heteroatoms. The summed E-state index contributed by atoms with van der Waals surface area (Å²) in [6.45, 7) is 3.85. The number of halogens is 2. The van der Waals surface area contributed by atoms with Gasteiger partial charge >= 0.3 is 0 Å². The van der Waals surface area contributed by atoms with Gasteiger partial charge in [0.05, 0.1) is 5.75 Å². The number of sulfone groups is 1. The molecule has 0 radical (unpaired) electrons. The lowest BCUT2D eigenvalue weighted by molar-refractivity contribution is 0.122. The minimum absolute atomic E-state index is 0. The highest BCUT2D eigenvalue weighted by Crippen LogP contribution is 2.35. The average Bonchev–Trinajstić information content (AvgIpc) is 2.64. The second-order valence-corrected chi connectivity index (χ2v) is 9.91. The van der Waals surface area contributed by atoms with Crippen LogP contribution in [0.4, 0.5) is 0 Å². The third-order valence-electron chi connectivity index (χ3n) is 5.10. The first kappa shape index (κ1) is 25.5. The maximum Gasteiger partial charge on any atom is 0.191 e. The molecule has 0 amide bonds. The van der Waals surface area contributed by atoms with E-state index in [-0.39, 0.29) is 35.5 Å². The second-order valence-electron chi connectivity index (χ2n) is 7.00. The Morgan fingerprint density at radius 3 is 2.75 bits per heavy atom. The van der Waals surface area contributed by atoms with Crippen molar-refractivity contribution in [2.24, 2.45) is 10.9 Å². The molecule has 1 aromatic rings. The van der Waals surface area contributed by atoms with Gasteiger partial charge < -0.3 is 10.6 Å². The Labute approximate surface area is 191 Å². The Morgan fingerprint density at radius 2 is 2.11 bits per heavy atom. The summed E-state index contributed by atoms with van der Waals surface area (Å²) in [6.07, 6.45) is 2.27. The van der Waals surface area contributed by atoms with Crippen LogP contribution in [0.2, 0.25) is 5.02 Å². The zero-order valence-electron chi connectivity index (χ0n) is 16.8. The van der Waals surface area contributed by atoms with Crippen LogP contribution >= 0.6 is 35.6 Å². The minimum Gasteiger partial charge on any atom is -0.356 e. The topological polar surface area (TPSA) is 73.8 Å². The lowest BCUT2D eigenvalue weighted by atomic mass is 9.85. The van der Waals surface area contributed by atoms with Crippen molar-refractivity contribution < 1.29 is 8.42 Å². The predicted octanol–water partition coefficient (Wildman–Crippen LogP) is 2.94. The first-order valence-corrected chi connectivity index (χ1v) is 11.7. The van der Waals surface area contributed by atoms with Crippen LogP contribution in [0.3, 0.4) is 0 Å². The van der Waals surface area contributed by atoms with Gasteiger partial charge in [-0.15, -0.1) is 24.0 Å². The van der Waals surface area contributed by atoms with Gasteiger partial charge in [0.15, 0.2) is 15.8 Å². The molecule has 2 rings (SSSR count). The summed E-state index contributed by atoms with van der Waals surface area (Å²) in [4.78, 5) is 6.59. The highest BCUT2D eigenvalue weighted by Gasteiger charge is 2.30. The Hall–Kier alpha value is -0.580. The Kier molecular flexibility index (Phi) is 11.1. The zero-order valence-corrected chi connectivity index (χ0v) is 20.7. The molecule has 0 aliphatic carbocycles. The maximum absolute atomic E-state index is 11.6. The van der Waals surface area contributed by atoms with E-state index < -0.39 is 9.84 Å². The fourth-order valence-corrected chi connectivity index (χ4v) is 4.51. The number of hydrogen-bond donors (Lipinski definition) is 2. The number of guanidine groups is 1. The van der Waals surface area contributed by atoms with Gasteiger partial charge in [0.2, 0.25) is 0 Å². The molecular formula is C19H32ClIN4O2S. The van der Waals surface area contributed by atoms with Crippen LogP contribution in [0.1, 0.15) is 31.4 Å². The summed E-state index contributed by atoms with van der Waals surface area (Å²) >= 11 is 6.20. The highest BCUT2D eigenvalue weighted by molar-refractivity contribution is 14.0. The van der Waals surface area contributed by atoms with Crippen molar-refractivity contribution in [2.75, 3.05) is 45.2 Å². The SMILES string of the molecule is CCS(=O)(=O)CCNC(=NC)NCC1CCCN(C)C1c1cccc(Cl)c1.I. The van der Waals surface area contributed by atoms with E-state index in [1.165, 1.54) is 5.56 Å². The maximum atomic E-state index is 11.6. The number of benzene rings is 1. The fourth-order valence-electron chi connectivity index (χ4n) is 3.61. The molecule has 2 unspecified atom stereocenters. The number of likely N-dealkylation sites (tertiary alicyclic amines) is 1. The molecule has 1 aromatic carbocycles. The van der Waals surface area contributed by atoms with E-state index in [1.54, 1.807) is 14.0 Å². The molecule has 1 aliphatic rings. The largest absolute Gasteiger partial charge is 0.356 e. The van der Waals surface area contributed by atoms with Gasteiger partial charge in [-0.2, -0.15) is 0 Å². The van der Waals surface area contributed by atoms with Crippen LogP contribution in [0.25, 0.3) is 0 Å². The third-order valence-corrected chi connectivity index (χ3v) is 7.04. The number of hydrogen-bond acceptors (Lipinski definition) is 4. The van der Waals surface area contributed by atoms with Crippen LogP contribution in [0.15, 0.2) is 29.3 Å². The molecule has 1 saturated heterocycles. The number of piperidine rings is 1. The third kappa shape index (κ3) is 7.68. The molecule has 160 valence electrons. The molecule has 2 atom stereocenters. The van der Waals surface area contributed by atoms with Gasteiger partial charge in [0.25, 0.3) is 0 Å². The van der Waals surface area contributed by atoms with Crippen LogP contribution in [0.5, 0.6) is 0 Å². The van der Waals surface area contributed by atoms with Crippen molar-refractivity contribution in [1.29, 1.82) is 0 Å². The zero-order chi connectivity index (χ0) is 19.9. The van der Waals surface area contributed by atoms with E-state index in [4.69, 9.17) is 11.6 Å². The number of nitrogens with one attached hydrogen (secondary N) is 2. The molecule has 0 aromatic heterocycles. The van der Waals surface area contributed by atoms with Gasteiger partial charge in [-0.05, 0) is 50.0 Å². The number of aliphatic imine (C=N–C) groups is 1. The Bertz CT molecular complexity index is 745. The molecule has 0 saturated carbocycles. The van der Waals surface area contributed by atoms with Crippen molar-refractivity contribution in [3.63, 3.8) is 0 Å². The summed E-state index contributed by atoms with van der Waals surface area (Å²) in [5, 5.41) is 7.22. The standard InChI is InChI=1S/C19H31ClN4O2S.HI/c1-4-27(25,26)12-10-22-19(21-2)23-14-16-8-6-11-24(3)18(16)15-7-5-9-17(20)13-15;/h5,7,9,13,16,18H,4,6,8,10-12,14H2,1-3H3,(H2,21,22,23);1H. The molecule has 2 N–H and O–H groups in total. The lowest BCUT2D eigenvalue weighted by Gasteiger charge is -2.40. The average molecular weight is 543 g/mol. The summed E-state index contributed by atoms with van der Waals surface area (Å²) in [6, 6.07) is 8.37. The highest BCUT2D eigenvalue weighted by atomic mass is 127. The van der Waals surface area contributed by atoms with Crippen molar-refractivity contribution in [1.82, 2.24) is 15.5 Å². The Balaban J connectivity index is 0.00000392. The van der Waals surface area contributed by atoms with Crippen LogP contribution in [0, 0.1) is 5.92 Å². The molecule has 28 heavy (non-hydrogen) atoms. The van der Waals surface area contributed by atoms with Crippen molar-refractivity contribution in [3.8, 4) is 0 Å². The molecule has 0 bridgehead atoms. The summed E-state index contributed by atoms with van der Waals surface area (Å²) < 4.78 is 23.2. The van der Waals surface area contributed by atoms with Crippen molar-refractivity contribution in [3.05, 3.63) is 34.9 Å². The van der Waals surface area contributed by atoms with E-state index in [2.05, 4.69) is 33.6 Å². The van der Waals surface area contributed by atoms with Gasteiger partial charge in [-0.1, -0.05) is 30.7 Å². The van der Waals surface area contributed by atoms with Crippen LogP contribution in [-0.2, 0) is 9.84 Å². The molecule has 1 heterocycles. The van der Waals surface area contributed by atoms with Crippen LogP contribution < -0.4 is 10.6 Å². The van der Waals surface area contributed by atoms with E-state index >= 15 is 0 Å². The van der Waals surface area contributed by atoms with Crippen molar-refractivity contribution >= 4 is 51.4 Å². The van der Waals surface area contributed by atoms with E-state index in [9.17, 15) is 8.42 Å². The summed E-state index contributed by atoms with van der Waals surface area (Å²) in [5.74, 6) is 1.33. The summed E-state index contributed by atoms with van der Waals surface area (Å²) in [5.41, 5.74) is 1.23. The fraction of sp³-hybridized carbons (Fsp3) is 0.632. The van der Waals surface area contributed by atoms with Gasteiger partial charge in [-0.3, -0.25) is 9.89 Å². The summed E-state index contributed by atoms with van der Waals surface area (Å²) in [7, 11) is 0.873. The van der Waals surface area contributed by atoms with Crippen LogP contribution in [-0.4, -0.2) is 64.5 Å². The molecule has 1 aliphatic heterocycles. The van der Waals surface area contributed by atoms with Gasteiger partial charge in [0.1, 0.15) is 0 Å². The normalized spacial score (nSPS) is 21.1. The second kappa shape index (κ2) is 12.2. The molecule has 1 fully saturated rings. The van der Waals surface area contributed by atoms with E-state index in [0.717, 1.165) is 31.0 Å². The molecule has 6 nitrogen and oxygen atoms in total. The van der Waals surface area contributed by atoms with Gasteiger partial charge in [0, 0.05) is 37.0 Å². The number of rotatable bonds is 7. The first-order valence-electron chi connectivity index (χ1n) is 9.47. The smallest absolute Gasteiger partial charge is 0.191 e. The first-order chi connectivity index (χ1) is 12.9. The van der Waals surface area contributed by atoms with E-state index in [1.807, 2.05) is 18.2 Å². The monoisotopic (exact) mass is 542 g/mol. The molecular weight excluding hydrogens is 511 g/mol. The molecule has 0 spiro atoms. The lowest BCUT2D eigenvalue weighted by Crippen LogP contribution is -2.45. The quantitative estimate of drug-likeness (QED) is 0.315. The Morgan fingerprint density at radius 1 is 1.36 bits per heavy atom.